The molecule has 1 aliphatic carbocycles. The van der Waals surface area contributed by atoms with Crippen LogP contribution in [0.3, 0.4) is 0 Å². The molecule has 4 rings (SSSR count). The fourth-order valence-electron chi connectivity index (χ4n) is 2.48. The lowest BCUT2D eigenvalue weighted by molar-refractivity contribution is 0.107. The van der Waals surface area contributed by atoms with Crippen molar-refractivity contribution in [2.45, 2.75) is 38.0 Å². The fourth-order valence-corrected chi connectivity index (χ4v) is 5.11. The Bertz CT molecular complexity index is 850. The van der Waals surface area contributed by atoms with Crippen LogP contribution in [0.5, 0.6) is 0 Å². The number of rotatable bonds is 8. The van der Waals surface area contributed by atoms with E-state index in [1.807, 2.05) is 6.07 Å². The molecule has 132 valence electrons. The van der Waals surface area contributed by atoms with Crippen molar-refractivity contribution in [2.75, 3.05) is 11.9 Å². The summed E-state index contributed by atoms with van der Waals surface area (Å²) >= 11 is 7.03. The highest BCUT2D eigenvalue weighted by molar-refractivity contribution is 9.10. The van der Waals surface area contributed by atoms with Crippen molar-refractivity contribution in [1.82, 2.24) is 15.4 Å². The normalized spacial score (nSPS) is 15.6. The van der Waals surface area contributed by atoms with Crippen LogP contribution in [0.2, 0.25) is 0 Å². The summed E-state index contributed by atoms with van der Waals surface area (Å²) in [5, 5.41) is 17.7. The first-order valence-electron chi connectivity index (χ1n) is 8.14. The summed E-state index contributed by atoms with van der Waals surface area (Å²) in [5.41, 5.74) is 7.06. The molecule has 1 saturated carbocycles. The SMILES string of the molecule is N[C@@H](COC1CC1)Cc1sc2c(NCc3cccs3)nnnc2c1Br. The van der Waals surface area contributed by atoms with Crippen LogP contribution >= 0.6 is 38.6 Å². The van der Waals surface area contributed by atoms with Crippen LogP contribution in [-0.2, 0) is 17.7 Å². The molecule has 0 unspecified atom stereocenters. The zero-order valence-corrected chi connectivity index (χ0v) is 16.7. The van der Waals surface area contributed by atoms with E-state index in [0.29, 0.717) is 12.7 Å². The fraction of sp³-hybridized carbons (Fsp3) is 0.438. The highest BCUT2D eigenvalue weighted by atomic mass is 79.9. The minimum absolute atomic E-state index is 0.0200. The number of nitrogens with one attached hydrogen (secondary N) is 1. The first kappa shape index (κ1) is 17.3. The predicted octanol–water partition coefficient (Wildman–Crippen LogP) is 3.57. The van der Waals surface area contributed by atoms with Gasteiger partial charge >= 0.3 is 0 Å². The van der Waals surface area contributed by atoms with Crippen molar-refractivity contribution in [3.63, 3.8) is 0 Å². The molecule has 3 aromatic heterocycles. The standard InChI is InChI=1S/C16H18BrN5OS2/c17-13-12(6-9(18)8-23-10-3-4-10)25-15-14(13)20-22-21-16(15)19-7-11-2-1-5-24-11/h1-2,5,9-10H,3-4,6-8,18H2,(H,19,20,21)/t9-/m1/s1. The van der Waals surface area contributed by atoms with Gasteiger partial charge in [-0.2, -0.15) is 0 Å². The number of ether oxygens (including phenoxy) is 1. The Morgan fingerprint density at radius 3 is 3.04 bits per heavy atom. The van der Waals surface area contributed by atoms with Gasteiger partial charge in [0.15, 0.2) is 5.82 Å². The molecule has 3 N–H and O–H groups in total. The highest BCUT2D eigenvalue weighted by Crippen LogP contribution is 2.37. The maximum atomic E-state index is 6.23. The topological polar surface area (TPSA) is 86.0 Å². The predicted molar refractivity (Wildman–Crippen MR) is 105 cm³/mol. The lowest BCUT2D eigenvalue weighted by Gasteiger charge is -2.10. The molecular weight excluding hydrogens is 422 g/mol. The molecule has 1 aliphatic rings. The monoisotopic (exact) mass is 439 g/mol. The molecule has 3 aromatic rings. The van der Waals surface area contributed by atoms with Gasteiger partial charge in [0.1, 0.15) is 10.2 Å². The summed E-state index contributed by atoms with van der Waals surface area (Å²) < 4.78 is 7.68. The number of nitrogens with zero attached hydrogens (tertiary/aromatic N) is 3. The summed E-state index contributed by atoms with van der Waals surface area (Å²) in [6.45, 7) is 1.32. The highest BCUT2D eigenvalue weighted by Gasteiger charge is 2.24. The summed E-state index contributed by atoms with van der Waals surface area (Å²) in [6, 6.07) is 4.12. The van der Waals surface area contributed by atoms with Crippen molar-refractivity contribution >= 4 is 54.6 Å². The van der Waals surface area contributed by atoms with Gasteiger partial charge < -0.3 is 15.8 Å². The Morgan fingerprint density at radius 1 is 1.40 bits per heavy atom. The molecule has 0 bridgehead atoms. The first-order chi connectivity index (χ1) is 12.2. The van der Waals surface area contributed by atoms with E-state index >= 15 is 0 Å². The van der Waals surface area contributed by atoms with E-state index in [9.17, 15) is 0 Å². The van der Waals surface area contributed by atoms with Crippen LogP contribution in [0.1, 0.15) is 22.6 Å². The van der Waals surface area contributed by atoms with E-state index in [-0.39, 0.29) is 6.04 Å². The minimum Gasteiger partial charge on any atom is -0.377 e. The quantitative estimate of drug-likeness (QED) is 0.557. The van der Waals surface area contributed by atoms with Crippen molar-refractivity contribution in [3.05, 3.63) is 31.7 Å². The molecule has 0 amide bonds. The molecule has 0 saturated heterocycles. The molecule has 0 radical (unpaired) electrons. The molecule has 25 heavy (non-hydrogen) atoms. The number of hydrogen-bond acceptors (Lipinski definition) is 8. The summed E-state index contributed by atoms with van der Waals surface area (Å²) in [6.07, 6.45) is 3.51. The maximum Gasteiger partial charge on any atom is 0.170 e. The van der Waals surface area contributed by atoms with Gasteiger partial charge in [0.25, 0.3) is 0 Å². The number of fused-ring (bicyclic) bond motifs is 1. The Hall–Kier alpha value is -1.13. The number of hydrogen-bond donors (Lipinski definition) is 2. The smallest absolute Gasteiger partial charge is 0.170 e. The van der Waals surface area contributed by atoms with Gasteiger partial charge in [0, 0.05) is 22.2 Å². The second kappa shape index (κ2) is 7.63. The van der Waals surface area contributed by atoms with Gasteiger partial charge in [-0.05, 0) is 45.4 Å². The third kappa shape index (κ3) is 4.17. The maximum absolute atomic E-state index is 6.23. The molecule has 9 heteroatoms. The number of thiophene rings is 2. The second-order valence-corrected chi connectivity index (χ2v) is 9.02. The van der Waals surface area contributed by atoms with E-state index in [4.69, 9.17) is 10.5 Å². The Kier molecular flexibility index (Phi) is 5.28. The van der Waals surface area contributed by atoms with E-state index in [1.165, 1.54) is 17.7 Å². The van der Waals surface area contributed by atoms with E-state index in [1.54, 1.807) is 22.7 Å². The Balaban J connectivity index is 1.50. The van der Waals surface area contributed by atoms with Gasteiger partial charge in [0.05, 0.1) is 23.7 Å². The number of anilines is 1. The van der Waals surface area contributed by atoms with Crippen LogP contribution in [0.15, 0.2) is 22.0 Å². The van der Waals surface area contributed by atoms with Gasteiger partial charge in [0.2, 0.25) is 0 Å². The van der Waals surface area contributed by atoms with Gasteiger partial charge in [-0.25, -0.2) is 0 Å². The van der Waals surface area contributed by atoms with Crippen LogP contribution in [0, 0.1) is 0 Å². The summed E-state index contributed by atoms with van der Waals surface area (Å²) in [5.74, 6) is 0.762. The lowest BCUT2D eigenvalue weighted by Crippen LogP contribution is -2.28. The lowest BCUT2D eigenvalue weighted by atomic mass is 10.2. The molecule has 1 fully saturated rings. The van der Waals surface area contributed by atoms with E-state index < -0.39 is 0 Å². The minimum atomic E-state index is -0.0200. The van der Waals surface area contributed by atoms with Crippen LogP contribution in [0.25, 0.3) is 10.2 Å². The van der Waals surface area contributed by atoms with E-state index in [2.05, 4.69) is 48.1 Å². The molecule has 0 spiro atoms. The third-order valence-corrected chi connectivity index (χ3v) is 7.13. The Morgan fingerprint density at radius 2 is 2.28 bits per heavy atom. The van der Waals surface area contributed by atoms with Crippen LogP contribution in [-0.4, -0.2) is 34.2 Å². The van der Waals surface area contributed by atoms with E-state index in [0.717, 1.165) is 38.3 Å². The largest absolute Gasteiger partial charge is 0.377 e. The summed E-state index contributed by atoms with van der Waals surface area (Å²) in [4.78, 5) is 2.41. The Labute approximate surface area is 161 Å². The zero-order valence-electron chi connectivity index (χ0n) is 13.4. The molecule has 6 nitrogen and oxygen atoms in total. The number of nitrogens with two attached hydrogens (primary N) is 1. The molecule has 3 heterocycles. The second-order valence-electron chi connectivity index (χ2n) is 6.08. The van der Waals surface area contributed by atoms with Crippen LogP contribution < -0.4 is 11.1 Å². The van der Waals surface area contributed by atoms with Crippen molar-refractivity contribution < 1.29 is 4.74 Å². The van der Waals surface area contributed by atoms with Crippen molar-refractivity contribution in [3.8, 4) is 0 Å². The average Bonchev–Trinajstić information content (AvgIpc) is 3.20. The first-order valence-corrected chi connectivity index (χ1v) is 10.6. The molecule has 0 aliphatic heterocycles. The van der Waals surface area contributed by atoms with Gasteiger partial charge in [-0.1, -0.05) is 6.07 Å². The third-order valence-electron chi connectivity index (χ3n) is 3.93. The van der Waals surface area contributed by atoms with Gasteiger partial charge in [-0.3, -0.25) is 0 Å². The molecular formula is C16H18BrN5OS2. The number of aromatic nitrogens is 3. The average molecular weight is 440 g/mol. The van der Waals surface area contributed by atoms with Gasteiger partial charge in [-0.15, -0.1) is 32.9 Å². The van der Waals surface area contributed by atoms with Crippen molar-refractivity contribution in [2.24, 2.45) is 5.73 Å². The molecule has 1 atom stereocenters. The molecule has 0 aromatic carbocycles. The van der Waals surface area contributed by atoms with Crippen molar-refractivity contribution in [1.29, 1.82) is 0 Å². The van der Waals surface area contributed by atoms with Crippen LogP contribution in [0.4, 0.5) is 5.82 Å². The number of halogens is 1. The summed E-state index contributed by atoms with van der Waals surface area (Å²) in [7, 11) is 0. The zero-order chi connectivity index (χ0) is 17.2.